The van der Waals surface area contributed by atoms with E-state index in [1.54, 1.807) is 0 Å². The lowest BCUT2D eigenvalue weighted by atomic mass is 10.2. The van der Waals surface area contributed by atoms with Crippen molar-refractivity contribution in [1.29, 1.82) is 0 Å². The molecule has 0 saturated carbocycles. The van der Waals surface area contributed by atoms with E-state index < -0.39 is 0 Å². The van der Waals surface area contributed by atoms with E-state index in [0.717, 1.165) is 16.9 Å². The summed E-state index contributed by atoms with van der Waals surface area (Å²) in [6, 6.07) is 26.8. The maximum atomic E-state index is 12.8. The molecule has 0 atom stereocenters. The van der Waals surface area contributed by atoms with Gasteiger partial charge in [-0.05, 0) is 35.9 Å². The van der Waals surface area contributed by atoms with Gasteiger partial charge in [-0.15, -0.1) is 5.10 Å². The zero-order valence-corrected chi connectivity index (χ0v) is 16.0. The van der Waals surface area contributed by atoms with Crippen molar-refractivity contribution in [2.24, 2.45) is 0 Å². The fourth-order valence-corrected chi connectivity index (χ4v) is 3.89. The number of fused-ring (bicyclic) bond motifs is 1. The van der Waals surface area contributed by atoms with Crippen LogP contribution in [0.4, 0.5) is 0 Å². The molecule has 6 heteroatoms. The predicted octanol–water partition coefficient (Wildman–Crippen LogP) is 4.16. The molecule has 2 aromatic heterocycles. The average Bonchev–Trinajstić information content (AvgIpc) is 3.29. The zero-order valence-electron chi connectivity index (χ0n) is 15.2. The van der Waals surface area contributed by atoms with Crippen molar-refractivity contribution in [1.82, 2.24) is 14.6 Å². The summed E-state index contributed by atoms with van der Waals surface area (Å²) in [5, 5.41) is 4.38. The number of hydrogen-bond acceptors (Lipinski definition) is 5. The van der Waals surface area contributed by atoms with Gasteiger partial charge < -0.3 is 4.74 Å². The van der Waals surface area contributed by atoms with Gasteiger partial charge in [0.1, 0.15) is 11.5 Å². The number of hydrogen-bond donors (Lipinski definition) is 0. The van der Waals surface area contributed by atoms with Crippen LogP contribution in [0.3, 0.4) is 0 Å². The third-order valence-electron chi connectivity index (χ3n) is 4.35. The van der Waals surface area contributed by atoms with Crippen LogP contribution in [0.15, 0.2) is 89.7 Å². The third kappa shape index (κ3) is 3.53. The normalized spacial score (nSPS) is 11.8. The molecule has 0 aliphatic heterocycles. The number of thiazole rings is 1. The van der Waals surface area contributed by atoms with Crippen molar-refractivity contribution in [3.05, 3.63) is 105 Å². The molecule has 0 spiro atoms. The van der Waals surface area contributed by atoms with Crippen LogP contribution in [0.5, 0.6) is 11.5 Å². The van der Waals surface area contributed by atoms with E-state index in [4.69, 9.17) is 4.74 Å². The summed E-state index contributed by atoms with van der Waals surface area (Å²) in [5.41, 5.74) is 1.59. The second kappa shape index (κ2) is 7.33. The third-order valence-corrected chi connectivity index (χ3v) is 5.31. The van der Waals surface area contributed by atoms with Crippen LogP contribution >= 0.6 is 11.3 Å². The summed E-state index contributed by atoms with van der Waals surface area (Å²) >= 11 is 1.32. The highest BCUT2D eigenvalue weighted by Gasteiger charge is 2.11. The molecule has 140 valence electrons. The van der Waals surface area contributed by atoms with Gasteiger partial charge in [0.25, 0.3) is 5.56 Å². The van der Waals surface area contributed by atoms with Crippen LogP contribution in [0.1, 0.15) is 5.56 Å². The summed E-state index contributed by atoms with van der Waals surface area (Å²) in [7, 11) is 0. The van der Waals surface area contributed by atoms with Gasteiger partial charge in [0.15, 0.2) is 5.82 Å². The van der Waals surface area contributed by atoms with Gasteiger partial charge in [-0.2, -0.15) is 9.50 Å². The highest BCUT2D eigenvalue weighted by atomic mass is 32.1. The van der Waals surface area contributed by atoms with Crippen LogP contribution in [0.2, 0.25) is 0 Å². The number of nitrogens with zero attached hydrogens (tertiary/aromatic N) is 3. The lowest BCUT2D eigenvalue weighted by molar-refractivity contribution is 0.482. The molecule has 0 aliphatic carbocycles. The smallest absolute Gasteiger partial charge is 0.291 e. The van der Waals surface area contributed by atoms with Gasteiger partial charge in [-0.1, -0.05) is 72.0 Å². The van der Waals surface area contributed by atoms with Crippen molar-refractivity contribution in [3.63, 3.8) is 0 Å². The zero-order chi connectivity index (χ0) is 19.6. The lowest BCUT2D eigenvalue weighted by Crippen LogP contribution is -2.23. The molecule has 0 bridgehead atoms. The Morgan fingerprint density at radius 1 is 0.862 bits per heavy atom. The molecule has 0 saturated heterocycles. The van der Waals surface area contributed by atoms with Gasteiger partial charge in [0.2, 0.25) is 4.96 Å². The Balaban J connectivity index is 1.49. The van der Waals surface area contributed by atoms with Crippen LogP contribution in [-0.2, 0) is 0 Å². The molecule has 3 aromatic carbocycles. The van der Waals surface area contributed by atoms with E-state index >= 15 is 0 Å². The van der Waals surface area contributed by atoms with E-state index in [0.29, 0.717) is 21.1 Å². The molecule has 2 heterocycles. The Labute approximate surface area is 170 Å². The van der Waals surface area contributed by atoms with Gasteiger partial charge in [-0.25, -0.2) is 0 Å². The fourth-order valence-electron chi connectivity index (χ4n) is 2.99. The Bertz CT molecular complexity index is 1390. The molecular formula is C23H15N3O2S. The van der Waals surface area contributed by atoms with Crippen molar-refractivity contribution in [2.75, 3.05) is 0 Å². The quantitative estimate of drug-likeness (QED) is 0.457. The second-order valence-electron chi connectivity index (χ2n) is 6.40. The van der Waals surface area contributed by atoms with Gasteiger partial charge in [0, 0.05) is 5.56 Å². The van der Waals surface area contributed by atoms with Gasteiger partial charge >= 0.3 is 0 Å². The molecule has 0 amide bonds. The highest BCUT2D eigenvalue weighted by molar-refractivity contribution is 7.15. The minimum absolute atomic E-state index is 0.172. The highest BCUT2D eigenvalue weighted by Crippen LogP contribution is 2.22. The summed E-state index contributed by atoms with van der Waals surface area (Å²) in [4.78, 5) is 17.8. The van der Waals surface area contributed by atoms with E-state index in [2.05, 4.69) is 10.1 Å². The first-order valence-electron chi connectivity index (χ1n) is 9.06. The van der Waals surface area contributed by atoms with Crippen molar-refractivity contribution in [2.45, 2.75) is 0 Å². The van der Waals surface area contributed by atoms with Crippen molar-refractivity contribution >= 4 is 22.4 Å². The first kappa shape index (κ1) is 17.3. The topological polar surface area (TPSA) is 56.5 Å². The van der Waals surface area contributed by atoms with E-state index in [-0.39, 0.29) is 5.56 Å². The molecule has 0 fully saturated rings. The van der Waals surface area contributed by atoms with Crippen molar-refractivity contribution < 1.29 is 4.74 Å². The van der Waals surface area contributed by atoms with E-state index in [1.165, 1.54) is 15.9 Å². The SMILES string of the molecule is O=c1c(=Cc2cccc(Oc3ccccc3)c2)sc2nc(-c3ccccc3)nn12. The lowest BCUT2D eigenvalue weighted by Gasteiger charge is -2.05. The fraction of sp³-hybridized carbons (Fsp3) is 0. The maximum absolute atomic E-state index is 12.8. The molecule has 0 N–H and O–H groups in total. The second-order valence-corrected chi connectivity index (χ2v) is 7.41. The van der Waals surface area contributed by atoms with Crippen molar-refractivity contribution in [3.8, 4) is 22.9 Å². The number of benzene rings is 3. The minimum Gasteiger partial charge on any atom is -0.457 e. The van der Waals surface area contributed by atoms with Gasteiger partial charge in [0.05, 0.1) is 4.53 Å². The van der Waals surface area contributed by atoms with Crippen LogP contribution in [-0.4, -0.2) is 14.6 Å². The Kier molecular flexibility index (Phi) is 4.38. The Morgan fingerprint density at radius 2 is 1.59 bits per heavy atom. The molecule has 0 unspecified atom stereocenters. The number of rotatable bonds is 4. The molecule has 5 rings (SSSR count). The monoisotopic (exact) mass is 397 g/mol. The molecule has 5 aromatic rings. The summed E-state index contributed by atoms with van der Waals surface area (Å²) in [6.07, 6.45) is 1.84. The first-order chi connectivity index (χ1) is 14.3. The average molecular weight is 397 g/mol. The number of aromatic nitrogens is 3. The standard InChI is InChI=1S/C23H15N3O2S/c27-22-20(29-23-24-21(25-26(22)23)17-9-3-1-4-10-17)15-16-8-7-13-19(14-16)28-18-11-5-2-6-12-18/h1-15H. The Hall–Kier alpha value is -3.77. The van der Waals surface area contributed by atoms with E-state index in [9.17, 15) is 4.79 Å². The first-order valence-corrected chi connectivity index (χ1v) is 9.88. The summed E-state index contributed by atoms with van der Waals surface area (Å²) in [6.45, 7) is 0. The predicted molar refractivity (Wildman–Crippen MR) is 114 cm³/mol. The molecule has 5 nitrogen and oxygen atoms in total. The van der Waals surface area contributed by atoms with E-state index in [1.807, 2.05) is 91.0 Å². The molecule has 0 aliphatic rings. The van der Waals surface area contributed by atoms with Gasteiger partial charge in [-0.3, -0.25) is 4.79 Å². The Morgan fingerprint density at radius 3 is 2.34 bits per heavy atom. The molecule has 0 radical (unpaired) electrons. The minimum atomic E-state index is -0.172. The summed E-state index contributed by atoms with van der Waals surface area (Å²) in [5.74, 6) is 2.03. The maximum Gasteiger partial charge on any atom is 0.291 e. The van der Waals surface area contributed by atoms with Crippen LogP contribution in [0.25, 0.3) is 22.4 Å². The van der Waals surface area contributed by atoms with Crippen LogP contribution < -0.4 is 14.8 Å². The largest absolute Gasteiger partial charge is 0.457 e. The molecular weight excluding hydrogens is 382 g/mol. The summed E-state index contributed by atoms with van der Waals surface area (Å²) < 4.78 is 7.82. The number of para-hydroxylation sites is 1. The number of ether oxygens (including phenoxy) is 1. The molecule has 29 heavy (non-hydrogen) atoms. The van der Waals surface area contributed by atoms with Crippen LogP contribution in [0, 0.1) is 0 Å².